The summed E-state index contributed by atoms with van der Waals surface area (Å²) in [6.07, 6.45) is 8.39. The number of nitrogens with zero attached hydrogens (tertiary/aromatic N) is 4. The molecule has 0 bridgehead atoms. The van der Waals surface area contributed by atoms with E-state index in [4.69, 9.17) is 0 Å². The van der Waals surface area contributed by atoms with E-state index in [2.05, 4.69) is 25.8 Å². The van der Waals surface area contributed by atoms with Crippen molar-refractivity contribution in [2.75, 3.05) is 42.2 Å². The summed E-state index contributed by atoms with van der Waals surface area (Å²) in [6.45, 7) is 3.84. The lowest BCUT2D eigenvalue weighted by molar-refractivity contribution is 0.573. The van der Waals surface area contributed by atoms with Crippen molar-refractivity contribution in [1.29, 1.82) is 0 Å². The van der Waals surface area contributed by atoms with Crippen LogP contribution in [0.5, 0.6) is 0 Å². The summed E-state index contributed by atoms with van der Waals surface area (Å²) in [6, 6.07) is 7.63. The average Bonchev–Trinajstić information content (AvgIpc) is 2.90. The summed E-state index contributed by atoms with van der Waals surface area (Å²) in [4.78, 5) is 14.0. The summed E-state index contributed by atoms with van der Waals surface area (Å²) in [5.41, 5.74) is 2.36. The summed E-state index contributed by atoms with van der Waals surface area (Å²) < 4.78 is 23.7. The number of hydrogen-bond donors (Lipinski definition) is 0. The Bertz CT molecular complexity index is 923. The van der Waals surface area contributed by atoms with Crippen LogP contribution in [0.1, 0.15) is 30.4 Å². The third-order valence-corrected chi connectivity index (χ3v) is 6.66. The van der Waals surface area contributed by atoms with Gasteiger partial charge in [0.25, 0.3) is 0 Å². The van der Waals surface area contributed by atoms with Crippen molar-refractivity contribution in [2.45, 2.75) is 37.0 Å². The molecule has 0 aliphatic carbocycles. The van der Waals surface area contributed by atoms with Crippen molar-refractivity contribution < 1.29 is 8.42 Å². The third-order valence-electron chi connectivity index (χ3n) is 5.55. The van der Waals surface area contributed by atoms with E-state index >= 15 is 0 Å². The van der Waals surface area contributed by atoms with Crippen molar-refractivity contribution in [2.24, 2.45) is 0 Å². The molecule has 0 saturated carbocycles. The molecule has 1 saturated heterocycles. The van der Waals surface area contributed by atoms with Gasteiger partial charge in [0.1, 0.15) is 18.0 Å². The molecule has 2 aromatic rings. The first-order valence-corrected chi connectivity index (χ1v) is 11.5. The van der Waals surface area contributed by atoms with E-state index < -0.39 is 9.84 Å². The second-order valence-electron chi connectivity index (χ2n) is 7.47. The zero-order valence-electron chi connectivity index (χ0n) is 15.8. The molecule has 0 spiro atoms. The van der Waals surface area contributed by atoms with Gasteiger partial charge < -0.3 is 9.80 Å². The number of aromatic nitrogens is 2. The zero-order valence-corrected chi connectivity index (χ0v) is 16.6. The minimum atomic E-state index is -3.17. The van der Waals surface area contributed by atoms with E-state index in [9.17, 15) is 8.42 Å². The fourth-order valence-corrected chi connectivity index (χ4v) is 4.64. The molecule has 0 N–H and O–H groups in total. The molecule has 7 heteroatoms. The molecule has 3 heterocycles. The van der Waals surface area contributed by atoms with Gasteiger partial charge in [0.15, 0.2) is 9.84 Å². The van der Waals surface area contributed by atoms with Crippen LogP contribution in [0.2, 0.25) is 0 Å². The van der Waals surface area contributed by atoms with Gasteiger partial charge >= 0.3 is 0 Å². The van der Waals surface area contributed by atoms with Crippen LogP contribution in [0.15, 0.2) is 35.5 Å². The Labute approximate surface area is 161 Å². The molecular weight excluding hydrogens is 360 g/mol. The van der Waals surface area contributed by atoms with E-state index in [0.717, 1.165) is 56.2 Å². The molecule has 1 aromatic heterocycles. The summed E-state index contributed by atoms with van der Waals surface area (Å²) in [5.74, 6) is 1.97. The van der Waals surface area contributed by atoms with Gasteiger partial charge in [0, 0.05) is 38.5 Å². The predicted octanol–water partition coefficient (Wildman–Crippen LogP) is 2.48. The highest BCUT2D eigenvalue weighted by Gasteiger charge is 2.19. The molecule has 27 heavy (non-hydrogen) atoms. The average molecular weight is 387 g/mol. The van der Waals surface area contributed by atoms with Crippen LogP contribution >= 0.6 is 0 Å². The standard InChI is InChI=1S/C20H26N4O2S/c1-27(25,26)18-6-5-16-7-11-24(12-8-17(16)13-18)20-14-19(21-15-22-20)23-9-3-2-4-10-23/h5-6,13-15H,2-4,7-12H2,1H3. The Hall–Kier alpha value is -2.15. The van der Waals surface area contributed by atoms with Gasteiger partial charge in [-0.15, -0.1) is 0 Å². The number of benzene rings is 1. The van der Waals surface area contributed by atoms with Gasteiger partial charge in [-0.2, -0.15) is 0 Å². The minimum absolute atomic E-state index is 0.407. The van der Waals surface area contributed by atoms with Crippen LogP contribution in [0.25, 0.3) is 0 Å². The molecule has 2 aliphatic heterocycles. The molecule has 0 radical (unpaired) electrons. The van der Waals surface area contributed by atoms with Crippen molar-refractivity contribution in [3.8, 4) is 0 Å². The smallest absolute Gasteiger partial charge is 0.175 e. The highest BCUT2D eigenvalue weighted by molar-refractivity contribution is 7.90. The van der Waals surface area contributed by atoms with E-state index in [1.807, 2.05) is 12.1 Å². The number of fused-ring (bicyclic) bond motifs is 1. The molecule has 0 amide bonds. The SMILES string of the molecule is CS(=O)(=O)c1ccc2c(c1)CCN(c1cc(N3CCCCC3)ncn1)CC2. The largest absolute Gasteiger partial charge is 0.356 e. The lowest BCUT2D eigenvalue weighted by Gasteiger charge is -2.29. The zero-order chi connectivity index (χ0) is 18.9. The lowest BCUT2D eigenvalue weighted by Crippen LogP contribution is -2.31. The number of sulfone groups is 1. The van der Waals surface area contributed by atoms with Gasteiger partial charge in [0.2, 0.25) is 0 Å². The van der Waals surface area contributed by atoms with Crippen molar-refractivity contribution in [1.82, 2.24) is 9.97 Å². The molecule has 1 aromatic carbocycles. The molecule has 0 atom stereocenters. The van der Waals surface area contributed by atoms with Crippen molar-refractivity contribution >= 4 is 21.5 Å². The summed E-state index contributed by atoms with van der Waals surface area (Å²) >= 11 is 0. The molecule has 0 unspecified atom stereocenters. The van der Waals surface area contributed by atoms with Gasteiger partial charge in [-0.3, -0.25) is 0 Å². The maximum absolute atomic E-state index is 11.8. The van der Waals surface area contributed by atoms with Crippen LogP contribution in [-0.4, -0.2) is 50.8 Å². The quantitative estimate of drug-likeness (QED) is 0.807. The summed E-state index contributed by atoms with van der Waals surface area (Å²) in [7, 11) is -3.17. The summed E-state index contributed by atoms with van der Waals surface area (Å²) in [5, 5.41) is 0. The Morgan fingerprint density at radius 1 is 0.815 bits per heavy atom. The van der Waals surface area contributed by atoms with E-state index in [1.165, 1.54) is 31.1 Å². The fraction of sp³-hybridized carbons (Fsp3) is 0.500. The molecular formula is C20H26N4O2S. The first-order chi connectivity index (χ1) is 13.0. The highest BCUT2D eigenvalue weighted by atomic mass is 32.2. The minimum Gasteiger partial charge on any atom is -0.356 e. The second kappa shape index (κ2) is 7.46. The molecule has 4 rings (SSSR count). The Morgan fingerprint density at radius 3 is 2.11 bits per heavy atom. The topological polar surface area (TPSA) is 66.4 Å². The molecule has 144 valence electrons. The Kier molecular flexibility index (Phi) is 5.04. The van der Waals surface area contributed by atoms with Gasteiger partial charge in [-0.05, 0) is 55.4 Å². The van der Waals surface area contributed by atoms with Crippen molar-refractivity contribution in [3.63, 3.8) is 0 Å². The van der Waals surface area contributed by atoms with Crippen LogP contribution in [-0.2, 0) is 22.7 Å². The molecule has 6 nitrogen and oxygen atoms in total. The maximum atomic E-state index is 11.8. The van der Waals surface area contributed by atoms with E-state index in [-0.39, 0.29) is 0 Å². The van der Waals surface area contributed by atoms with Gasteiger partial charge in [-0.25, -0.2) is 18.4 Å². The van der Waals surface area contributed by atoms with Gasteiger partial charge in [0.05, 0.1) is 4.90 Å². The maximum Gasteiger partial charge on any atom is 0.175 e. The highest BCUT2D eigenvalue weighted by Crippen LogP contribution is 2.25. The number of piperidine rings is 1. The normalized spacial score (nSPS) is 18.1. The van der Waals surface area contributed by atoms with E-state index in [0.29, 0.717) is 4.90 Å². The van der Waals surface area contributed by atoms with Crippen LogP contribution in [0.3, 0.4) is 0 Å². The first-order valence-electron chi connectivity index (χ1n) is 9.64. The number of anilines is 2. The monoisotopic (exact) mass is 386 g/mol. The first kappa shape index (κ1) is 18.2. The fourth-order valence-electron chi connectivity index (χ4n) is 3.97. The van der Waals surface area contributed by atoms with Crippen LogP contribution < -0.4 is 9.80 Å². The third kappa shape index (κ3) is 4.08. The number of rotatable bonds is 3. The van der Waals surface area contributed by atoms with Crippen molar-refractivity contribution in [3.05, 3.63) is 41.7 Å². The second-order valence-corrected chi connectivity index (χ2v) is 9.49. The van der Waals surface area contributed by atoms with Crippen LogP contribution in [0, 0.1) is 0 Å². The van der Waals surface area contributed by atoms with Crippen LogP contribution in [0.4, 0.5) is 11.6 Å². The molecule has 1 fully saturated rings. The van der Waals surface area contributed by atoms with Gasteiger partial charge in [-0.1, -0.05) is 6.07 Å². The Morgan fingerprint density at radius 2 is 1.44 bits per heavy atom. The number of hydrogen-bond acceptors (Lipinski definition) is 6. The predicted molar refractivity (Wildman–Crippen MR) is 107 cm³/mol. The lowest BCUT2D eigenvalue weighted by atomic mass is 10.0. The molecule has 2 aliphatic rings. The van der Waals surface area contributed by atoms with E-state index in [1.54, 1.807) is 12.4 Å². The Balaban J connectivity index is 1.53.